The summed E-state index contributed by atoms with van der Waals surface area (Å²) in [6.07, 6.45) is 1.87. The zero-order valence-electron chi connectivity index (χ0n) is 10.9. The Kier molecular flexibility index (Phi) is 3.97. The predicted molar refractivity (Wildman–Crippen MR) is 77.4 cm³/mol. The number of halogens is 1. The molecule has 6 heteroatoms. The number of aryl methyl sites for hydroxylation is 1. The number of rotatable bonds is 4. The first-order valence-electron chi connectivity index (χ1n) is 5.90. The van der Waals surface area contributed by atoms with Gasteiger partial charge in [-0.3, -0.25) is 4.79 Å². The van der Waals surface area contributed by atoms with Crippen LogP contribution in [0.15, 0.2) is 30.5 Å². The van der Waals surface area contributed by atoms with Crippen molar-refractivity contribution >= 4 is 23.2 Å². The van der Waals surface area contributed by atoms with Crippen molar-refractivity contribution in [3.63, 3.8) is 0 Å². The van der Waals surface area contributed by atoms with Gasteiger partial charge < -0.3 is 15.6 Å². The second-order valence-corrected chi connectivity index (χ2v) is 4.78. The van der Waals surface area contributed by atoms with Gasteiger partial charge in [-0.25, -0.2) is 0 Å². The summed E-state index contributed by atoms with van der Waals surface area (Å²) in [4.78, 5) is 11.2. The van der Waals surface area contributed by atoms with E-state index >= 15 is 0 Å². The van der Waals surface area contributed by atoms with Crippen LogP contribution in [0.3, 0.4) is 0 Å². The Morgan fingerprint density at radius 2 is 2.25 bits per heavy atom. The molecule has 0 saturated carbocycles. The lowest BCUT2D eigenvalue weighted by Crippen LogP contribution is -2.12. The number of nitriles is 1. The molecule has 0 bridgehead atoms. The highest BCUT2D eigenvalue weighted by atomic mass is 35.5. The third kappa shape index (κ3) is 2.92. The summed E-state index contributed by atoms with van der Waals surface area (Å²) in [6, 6.07) is 8.90. The van der Waals surface area contributed by atoms with E-state index in [-0.39, 0.29) is 5.56 Å². The molecular weight excluding hydrogens is 276 g/mol. The lowest BCUT2D eigenvalue weighted by atomic mass is 10.2. The number of carbonyl (C=O) groups excluding carboxylic acids is 1. The molecule has 3 N–H and O–H groups in total. The van der Waals surface area contributed by atoms with Crippen LogP contribution in [0.2, 0.25) is 5.02 Å². The standard InChI is InChI=1S/C14H13ClN4O/c1-19-8-9(4-11(19)6-16)7-18-10-2-3-13(15)12(5-10)14(17)20/h2-5,8,18H,7H2,1H3,(H2,17,20). The Morgan fingerprint density at radius 3 is 2.85 bits per heavy atom. The Bertz CT molecular complexity index is 700. The van der Waals surface area contributed by atoms with E-state index < -0.39 is 5.91 Å². The van der Waals surface area contributed by atoms with Gasteiger partial charge in [-0.05, 0) is 29.8 Å². The summed E-state index contributed by atoms with van der Waals surface area (Å²) in [5.74, 6) is -0.565. The molecule has 1 amide bonds. The van der Waals surface area contributed by atoms with Gasteiger partial charge in [-0.2, -0.15) is 5.26 Å². The molecule has 0 aliphatic heterocycles. The van der Waals surface area contributed by atoms with Gasteiger partial charge in [0.05, 0.1) is 10.6 Å². The molecule has 1 heterocycles. The van der Waals surface area contributed by atoms with Gasteiger partial charge in [-0.15, -0.1) is 0 Å². The monoisotopic (exact) mass is 288 g/mol. The number of primary amides is 1. The maximum absolute atomic E-state index is 11.2. The number of nitrogens with two attached hydrogens (primary N) is 1. The zero-order valence-corrected chi connectivity index (χ0v) is 11.6. The lowest BCUT2D eigenvalue weighted by molar-refractivity contribution is 0.100. The van der Waals surface area contributed by atoms with E-state index in [2.05, 4.69) is 11.4 Å². The van der Waals surface area contributed by atoms with E-state index in [0.29, 0.717) is 17.3 Å². The van der Waals surface area contributed by atoms with Gasteiger partial charge in [0.25, 0.3) is 0 Å². The number of aromatic nitrogens is 1. The Hall–Kier alpha value is -2.45. The van der Waals surface area contributed by atoms with Crippen molar-refractivity contribution < 1.29 is 4.79 Å². The fraction of sp³-hybridized carbons (Fsp3) is 0.143. The Balaban J connectivity index is 2.13. The van der Waals surface area contributed by atoms with Crippen LogP contribution in [0.1, 0.15) is 21.6 Å². The topological polar surface area (TPSA) is 83.8 Å². The number of hydrogen-bond donors (Lipinski definition) is 2. The van der Waals surface area contributed by atoms with Crippen molar-refractivity contribution in [1.82, 2.24) is 4.57 Å². The van der Waals surface area contributed by atoms with Crippen LogP contribution >= 0.6 is 11.6 Å². The number of hydrogen-bond acceptors (Lipinski definition) is 3. The summed E-state index contributed by atoms with van der Waals surface area (Å²) in [6.45, 7) is 0.537. The average molecular weight is 289 g/mol. The van der Waals surface area contributed by atoms with Gasteiger partial charge in [-0.1, -0.05) is 11.6 Å². The molecule has 0 aliphatic rings. The van der Waals surface area contributed by atoms with Crippen molar-refractivity contribution in [1.29, 1.82) is 5.26 Å². The molecule has 2 aromatic rings. The van der Waals surface area contributed by atoms with Gasteiger partial charge >= 0.3 is 0 Å². The van der Waals surface area contributed by atoms with Crippen LogP contribution in [-0.4, -0.2) is 10.5 Å². The average Bonchev–Trinajstić information content (AvgIpc) is 2.78. The molecule has 0 atom stereocenters. The molecule has 1 aromatic heterocycles. The molecule has 0 spiro atoms. The van der Waals surface area contributed by atoms with E-state index in [1.54, 1.807) is 28.8 Å². The molecule has 5 nitrogen and oxygen atoms in total. The molecule has 2 rings (SSSR count). The largest absolute Gasteiger partial charge is 0.381 e. The molecule has 1 aromatic carbocycles. The second-order valence-electron chi connectivity index (χ2n) is 4.37. The molecule has 0 saturated heterocycles. The summed E-state index contributed by atoms with van der Waals surface area (Å²) >= 11 is 5.88. The summed E-state index contributed by atoms with van der Waals surface area (Å²) < 4.78 is 1.76. The fourth-order valence-corrected chi connectivity index (χ4v) is 2.08. The van der Waals surface area contributed by atoms with E-state index in [9.17, 15) is 4.79 Å². The van der Waals surface area contributed by atoms with E-state index in [1.165, 1.54) is 0 Å². The maximum atomic E-state index is 11.2. The van der Waals surface area contributed by atoms with Crippen LogP contribution in [0, 0.1) is 11.3 Å². The van der Waals surface area contributed by atoms with Crippen LogP contribution in [0.4, 0.5) is 5.69 Å². The number of nitrogens with zero attached hydrogens (tertiary/aromatic N) is 2. The van der Waals surface area contributed by atoms with Crippen LogP contribution in [-0.2, 0) is 13.6 Å². The maximum Gasteiger partial charge on any atom is 0.250 e. The normalized spacial score (nSPS) is 10.1. The third-order valence-electron chi connectivity index (χ3n) is 2.90. The molecule has 0 aliphatic carbocycles. The Labute approximate surface area is 121 Å². The second kappa shape index (κ2) is 5.68. The highest BCUT2D eigenvalue weighted by molar-refractivity contribution is 6.33. The third-order valence-corrected chi connectivity index (χ3v) is 3.23. The van der Waals surface area contributed by atoms with E-state index in [0.717, 1.165) is 11.3 Å². The highest BCUT2D eigenvalue weighted by Gasteiger charge is 2.08. The number of anilines is 1. The van der Waals surface area contributed by atoms with Gasteiger partial charge in [0.2, 0.25) is 5.91 Å². The molecule has 0 fully saturated rings. The molecule has 0 unspecified atom stereocenters. The minimum atomic E-state index is -0.565. The smallest absolute Gasteiger partial charge is 0.250 e. The first-order valence-corrected chi connectivity index (χ1v) is 6.27. The number of carbonyl (C=O) groups is 1. The fourth-order valence-electron chi connectivity index (χ4n) is 1.87. The first kappa shape index (κ1) is 14.0. The summed E-state index contributed by atoms with van der Waals surface area (Å²) in [5, 5.41) is 12.4. The predicted octanol–water partition coefficient (Wildman–Crippen LogP) is 2.26. The van der Waals surface area contributed by atoms with Crippen molar-refractivity contribution in [2.45, 2.75) is 6.54 Å². The lowest BCUT2D eigenvalue weighted by Gasteiger charge is -2.07. The minimum absolute atomic E-state index is 0.280. The van der Waals surface area contributed by atoms with Crippen LogP contribution < -0.4 is 11.1 Å². The quantitative estimate of drug-likeness (QED) is 0.905. The molecule has 20 heavy (non-hydrogen) atoms. The summed E-state index contributed by atoms with van der Waals surface area (Å²) in [5.41, 5.74) is 7.83. The number of amides is 1. The number of nitrogens with one attached hydrogen (secondary N) is 1. The first-order chi connectivity index (χ1) is 9.51. The molecule has 102 valence electrons. The highest BCUT2D eigenvalue weighted by Crippen LogP contribution is 2.20. The van der Waals surface area contributed by atoms with Gasteiger partial charge in [0.1, 0.15) is 11.8 Å². The summed E-state index contributed by atoms with van der Waals surface area (Å²) in [7, 11) is 1.82. The van der Waals surface area contributed by atoms with Crippen molar-refractivity contribution in [3.05, 3.63) is 52.3 Å². The van der Waals surface area contributed by atoms with Crippen LogP contribution in [0.5, 0.6) is 0 Å². The van der Waals surface area contributed by atoms with Gasteiger partial charge in [0.15, 0.2) is 0 Å². The minimum Gasteiger partial charge on any atom is -0.381 e. The zero-order chi connectivity index (χ0) is 14.7. The van der Waals surface area contributed by atoms with E-state index in [1.807, 2.05) is 13.2 Å². The molecule has 0 radical (unpaired) electrons. The SMILES string of the molecule is Cn1cc(CNc2ccc(Cl)c(C(N)=O)c2)cc1C#N. The van der Waals surface area contributed by atoms with E-state index in [4.69, 9.17) is 22.6 Å². The van der Waals surface area contributed by atoms with Crippen molar-refractivity contribution in [3.8, 4) is 6.07 Å². The van der Waals surface area contributed by atoms with Crippen LogP contribution in [0.25, 0.3) is 0 Å². The molecular formula is C14H13ClN4O. The Morgan fingerprint density at radius 1 is 1.50 bits per heavy atom. The van der Waals surface area contributed by atoms with Crippen molar-refractivity contribution in [2.24, 2.45) is 12.8 Å². The van der Waals surface area contributed by atoms with Gasteiger partial charge in [0, 0.05) is 25.5 Å². The number of benzene rings is 1. The van der Waals surface area contributed by atoms with Crippen molar-refractivity contribution in [2.75, 3.05) is 5.32 Å².